The van der Waals surface area contributed by atoms with E-state index in [-0.39, 0.29) is 31.4 Å². The number of benzene rings is 2. The lowest BCUT2D eigenvalue weighted by molar-refractivity contribution is -0.137. The molecule has 0 aromatic heterocycles. The zero-order chi connectivity index (χ0) is 20.4. The Bertz CT molecular complexity index is 839. The molecule has 2 rings (SSSR count). The summed E-state index contributed by atoms with van der Waals surface area (Å²) in [6, 6.07) is 11.3. The smallest absolute Gasteiger partial charge is 0.416 e. The van der Waals surface area contributed by atoms with Gasteiger partial charge in [0.15, 0.2) is 6.61 Å². The summed E-state index contributed by atoms with van der Waals surface area (Å²) in [7, 11) is 1.55. The van der Waals surface area contributed by atoms with Crippen molar-refractivity contribution in [3.63, 3.8) is 0 Å². The minimum atomic E-state index is -4.43. The third-order valence-corrected chi connectivity index (χ3v) is 3.40. The second-order valence-electron chi connectivity index (χ2n) is 5.41. The maximum Gasteiger partial charge on any atom is 0.416 e. The Morgan fingerprint density at radius 3 is 2.39 bits per heavy atom. The Labute approximate surface area is 160 Å². The molecule has 5 nitrogen and oxygen atoms in total. The largest absolute Gasteiger partial charge is 0.497 e. The first kappa shape index (κ1) is 21.0. The van der Waals surface area contributed by atoms with Gasteiger partial charge in [-0.05, 0) is 42.5 Å². The van der Waals surface area contributed by atoms with Crippen LogP contribution in [0.2, 0.25) is 0 Å². The molecule has 1 amide bonds. The van der Waals surface area contributed by atoms with Gasteiger partial charge >= 0.3 is 6.18 Å². The number of carbonyl (C=O) groups is 1. The van der Waals surface area contributed by atoms with E-state index in [1.54, 1.807) is 31.4 Å². The molecule has 0 atom stereocenters. The lowest BCUT2D eigenvalue weighted by Gasteiger charge is -2.08. The van der Waals surface area contributed by atoms with E-state index in [9.17, 15) is 18.0 Å². The molecule has 148 valence electrons. The molecular formula is C20H18F3NO4. The summed E-state index contributed by atoms with van der Waals surface area (Å²) in [6.07, 6.45) is -4.43. The highest BCUT2D eigenvalue weighted by atomic mass is 19.4. The third kappa shape index (κ3) is 7.11. The molecule has 0 heterocycles. The molecule has 0 saturated carbocycles. The Morgan fingerprint density at radius 1 is 1.00 bits per heavy atom. The quantitative estimate of drug-likeness (QED) is 0.734. The van der Waals surface area contributed by atoms with Crippen molar-refractivity contribution in [3.05, 3.63) is 54.1 Å². The molecular weight excluding hydrogens is 375 g/mol. The second kappa shape index (κ2) is 10.1. The Balaban J connectivity index is 1.67. The van der Waals surface area contributed by atoms with Gasteiger partial charge in [0.1, 0.15) is 23.9 Å². The molecule has 0 saturated heterocycles. The monoisotopic (exact) mass is 393 g/mol. The molecule has 0 radical (unpaired) electrons. The van der Waals surface area contributed by atoms with Crippen LogP contribution in [-0.2, 0) is 11.0 Å². The maximum absolute atomic E-state index is 12.6. The average Bonchev–Trinajstić information content (AvgIpc) is 2.69. The molecule has 8 heteroatoms. The van der Waals surface area contributed by atoms with Gasteiger partial charge in [0.2, 0.25) is 0 Å². The van der Waals surface area contributed by atoms with Crippen molar-refractivity contribution in [3.8, 4) is 29.1 Å². The first-order valence-corrected chi connectivity index (χ1v) is 8.18. The Kier molecular flexibility index (Phi) is 7.57. The highest BCUT2D eigenvalue weighted by Crippen LogP contribution is 2.31. The summed E-state index contributed by atoms with van der Waals surface area (Å²) in [4.78, 5) is 11.7. The van der Waals surface area contributed by atoms with Crippen LogP contribution in [0.5, 0.6) is 17.2 Å². The van der Waals surface area contributed by atoms with Crippen LogP contribution >= 0.6 is 0 Å². The van der Waals surface area contributed by atoms with E-state index >= 15 is 0 Å². The van der Waals surface area contributed by atoms with Crippen LogP contribution in [0.1, 0.15) is 5.56 Å². The van der Waals surface area contributed by atoms with E-state index in [1.807, 2.05) is 0 Å². The molecule has 0 unspecified atom stereocenters. The number of hydrogen-bond acceptors (Lipinski definition) is 4. The van der Waals surface area contributed by atoms with Crippen LogP contribution in [0.3, 0.4) is 0 Å². The summed E-state index contributed by atoms with van der Waals surface area (Å²) in [5.41, 5.74) is -0.790. The van der Waals surface area contributed by atoms with E-state index in [2.05, 4.69) is 17.2 Å². The van der Waals surface area contributed by atoms with Crippen molar-refractivity contribution >= 4 is 5.91 Å². The van der Waals surface area contributed by atoms with E-state index < -0.39 is 11.7 Å². The molecule has 1 N–H and O–H groups in total. The molecule has 0 fully saturated rings. The van der Waals surface area contributed by atoms with Crippen molar-refractivity contribution < 1.29 is 32.2 Å². The zero-order valence-electron chi connectivity index (χ0n) is 15.0. The normalized spacial score (nSPS) is 10.4. The van der Waals surface area contributed by atoms with Crippen LogP contribution < -0.4 is 19.5 Å². The summed E-state index contributed by atoms with van der Waals surface area (Å²) in [5.74, 6) is 6.17. The van der Waals surface area contributed by atoms with Crippen LogP contribution in [0.15, 0.2) is 48.5 Å². The van der Waals surface area contributed by atoms with Gasteiger partial charge in [-0.3, -0.25) is 4.79 Å². The van der Waals surface area contributed by atoms with Gasteiger partial charge in [-0.15, -0.1) is 0 Å². The van der Waals surface area contributed by atoms with Crippen LogP contribution in [0.4, 0.5) is 13.2 Å². The fourth-order valence-corrected chi connectivity index (χ4v) is 2.01. The number of amides is 1. The number of alkyl halides is 3. The lowest BCUT2D eigenvalue weighted by atomic mass is 10.2. The minimum absolute atomic E-state index is 0.0662. The van der Waals surface area contributed by atoms with Gasteiger partial charge in [0.05, 0.1) is 19.2 Å². The highest BCUT2D eigenvalue weighted by molar-refractivity contribution is 5.77. The van der Waals surface area contributed by atoms with Crippen molar-refractivity contribution in [2.75, 3.05) is 26.9 Å². The van der Waals surface area contributed by atoms with Gasteiger partial charge in [-0.25, -0.2) is 0 Å². The predicted molar refractivity (Wildman–Crippen MR) is 96.2 cm³/mol. The predicted octanol–water partition coefficient (Wildman–Crippen LogP) is 3.29. The fourth-order valence-electron chi connectivity index (χ4n) is 2.01. The molecule has 0 aliphatic rings. The number of carbonyl (C=O) groups excluding carboxylic acids is 1. The van der Waals surface area contributed by atoms with E-state index in [0.29, 0.717) is 11.5 Å². The third-order valence-electron chi connectivity index (χ3n) is 3.40. The van der Waals surface area contributed by atoms with Gasteiger partial charge < -0.3 is 19.5 Å². The molecule has 0 aliphatic heterocycles. The Morgan fingerprint density at radius 2 is 1.71 bits per heavy atom. The first-order chi connectivity index (χ1) is 13.4. The molecule has 28 heavy (non-hydrogen) atoms. The zero-order valence-corrected chi connectivity index (χ0v) is 15.0. The number of halogens is 3. The molecule has 2 aromatic carbocycles. The van der Waals surface area contributed by atoms with Gasteiger partial charge in [-0.2, -0.15) is 13.2 Å². The summed E-state index contributed by atoms with van der Waals surface area (Å²) < 4.78 is 53.3. The van der Waals surface area contributed by atoms with Gasteiger partial charge in [-0.1, -0.05) is 17.9 Å². The minimum Gasteiger partial charge on any atom is -0.497 e. The molecule has 0 spiro atoms. The van der Waals surface area contributed by atoms with Crippen molar-refractivity contribution in [1.29, 1.82) is 0 Å². The SMILES string of the molecule is COc1ccc(OCC(=O)NCC#CCOc2cccc(C(F)(F)F)c2)cc1. The van der Waals surface area contributed by atoms with E-state index in [1.165, 1.54) is 12.1 Å². The summed E-state index contributed by atoms with van der Waals surface area (Å²) in [5, 5.41) is 2.54. The summed E-state index contributed by atoms with van der Waals surface area (Å²) >= 11 is 0. The van der Waals surface area contributed by atoms with Gasteiger partial charge in [0, 0.05) is 0 Å². The van der Waals surface area contributed by atoms with Crippen molar-refractivity contribution in [2.45, 2.75) is 6.18 Å². The van der Waals surface area contributed by atoms with Gasteiger partial charge in [0.25, 0.3) is 5.91 Å². The first-order valence-electron chi connectivity index (χ1n) is 8.18. The number of hydrogen-bond donors (Lipinski definition) is 1. The summed E-state index contributed by atoms with van der Waals surface area (Å²) in [6.45, 7) is -0.203. The Hall–Kier alpha value is -3.34. The maximum atomic E-state index is 12.6. The number of methoxy groups -OCH3 is 1. The highest BCUT2D eigenvalue weighted by Gasteiger charge is 2.30. The van der Waals surface area contributed by atoms with Crippen LogP contribution in [-0.4, -0.2) is 32.8 Å². The molecule has 0 aliphatic carbocycles. The number of ether oxygens (including phenoxy) is 3. The number of rotatable bonds is 7. The van der Waals surface area contributed by atoms with Crippen LogP contribution in [0, 0.1) is 11.8 Å². The second-order valence-corrected chi connectivity index (χ2v) is 5.41. The lowest BCUT2D eigenvalue weighted by Crippen LogP contribution is -2.29. The van der Waals surface area contributed by atoms with E-state index in [4.69, 9.17) is 14.2 Å². The topological polar surface area (TPSA) is 56.8 Å². The van der Waals surface area contributed by atoms with E-state index in [0.717, 1.165) is 12.1 Å². The number of nitrogens with one attached hydrogen (secondary N) is 1. The van der Waals surface area contributed by atoms with Crippen molar-refractivity contribution in [1.82, 2.24) is 5.32 Å². The molecule has 0 bridgehead atoms. The standard InChI is InChI=1S/C20H18F3NO4/c1-26-16-7-9-17(10-8-16)28-14-19(25)24-11-2-3-12-27-18-6-4-5-15(13-18)20(21,22)23/h4-10,13H,11-12,14H2,1H3,(H,24,25). The fraction of sp³-hybridized carbons (Fsp3) is 0.250. The van der Waals surface area contributed by atoms with Crippen molar-refractivity contribution in [2.24, 2.45) is 0 Å². The molecule has 2 aromatic rings. The van der Waals surface area contributed by atoms with Crippen LogP contribution in [0.25, 0.3) is 0 Å². The average molecular weight is 393 g/mol.